The third kappa shape index (κ3) is 8.17. The maximum Gasteiger partial charge on any atom is 0.251 e. The minimum atomic E-state index is -0.883. The van der Waals surface area contributed by atoms with Crippen LogP contribution in [0.2, 0.25) is 0 Å². The summed E-state index contributed by atoms with van der Waals surface area (Å²) in [6.45, 7) is 4.31. The number of amides is 4. The maximum atomic E-state index is 13.6. The van der Waals surface area contributed by atoms with Crippen molar-refractivity contribution in [2.45, 2.75) is 83.3 Å². The van der Waals surface area contributed by atoms with Gasteiger partial charge in [-0.25, -0.2) is 0 Å². The van der Waals surface area contributed by atoms with E-state index in [2.05, 4.69) is 21.3 Å². The van der Waals surface area contributed by atoms with Gasteiger partial charge in [-0.05, 0) is 43.2 Å². The normalized spacial score (nSPS) is 20.9. The Morgan fingerprint density at radius 2 is 1.76 bits per heavy atom. The summed E-state index contributed by atoms with van der Waals surface area (Å²) in [4.78, 5) is 64.0. The van der Waals surface area contributed by atoms with E-state index in [1.54, 1.807) is 6.08 Å². The largest absolute Gasteiger partial charge is 0.488 e. The first-order valence-electron chi connectivity index (χ1n) is 14.8. The number of carbonyl (C=O) groups is 5. The lowest BCUT2D eigenvalue weighted by molar-refractivity contribution is -0.133. The highest BCUT2D eigenvalue weighted by Crippen LogP contribution is 2.28. The first-order valence-corrected chi connectivity index (χ1v) is 14.8. The van der Waals surface area contributed by atoms with Crippen molar-refractivity contribution in [1.29, 1.82) is 0 Å². The van der Waals surface area contributed by atoms with Gasteiger partial charge in [0.25, 0.3) is 5.91 Å². The topological polar surface area (TPSA) is 143 Å². The molecule has 1 aromatic rings. The molecular weight excluding hydrogens is 524 g/mol. The lowest BCUT2D eigenvalue weighted by atomic mass is 9.84. The molecule has 0 aromatic heterocycles. The van der Waals surface area contributed by atoms with Gasteiger partial charge in [0.05, 0.1) is 11.6 Å². The zero-order chi connectivity index (χ0) is 29.4. The zero-order valence-electron chi connectivity index (χ0n) is 23.9. The summed E-state index contributed by atoms with van der Waals surface area (Å²) in [6, 6.07) is 4.83. The highest BCUT2D eigenvalue weighted by Gasteiger charge is 2.34. The number of rotatable bonds is 12. The highest BCUT2D eigenvalue weighted by atomic mass is 16.5. The SMILES string of the molecule is CC(C)[C@H](NC(=O)C1=Cc2ccccc2OC1)C(=O)N[C@@H](CC1CCCCC1)C(=O)N[C@H](C=O)C[C@@H]1CCNC1=O. The first-order chi connectivity index (χ1) is 19.7. The summed E-state index contributed by atoms with van der Waals surface area (Å²) in [5.41, 5.74) is 1.20. The molecule has 4 rings (SSSR count). The Bertz CT molecular complexity index is 1160. The van der Waals surface area contributed by atoms with Gasteiger partial charge in [-0.3, -0.25) is 19.2 Å². The van der Waals surface area contributed by atoms with Gasteiger partial charge in [0.1, 0.15) is 30.7 Å². The second-order valence-corrected chi connectivity index (χ2v) is 11.8. The molecule has 0 radical (unpaired) electrons. The highest BCUT2D eigenvalue weighted by molar-refractivity contribution is 6.02. The van der Waals surface area contributed by atoms with Crippen LogP contribution in [0.15, 0.2) is 29.8 Å². The van der Waals surface area contributed by atoms with Gasteiger partial charge in [-0.1, -0.05) is 64.2 Å². The van der Waals surface area contributed by atoms with Gasteiger partial charge in [0.2, 0.25) is 17.7 Å². The molecule has 1 saturated carbocycles. The van der Waals surface area contributed by atoms with Crippen LogP contribution in [0.1, 0.15) is 70.8 Å². The molecule has 10 heteroatoms. The molecule has 2 fully saturated rings. The number of para-hydroxylation sites is 1. The standard InChI is InChI=1S/C31H42N4O6/c1-19(2)27(35-29(38)23-15-21-10-6-7-11-26(21)41-18-23)31(40)34-25(14-20-8-4-3-5-9-20)30(39)33-24(17-36)16-22-12-13-32-28(22)37/h6-7,10-11,15,17,19-20,22,24-25,27H,3-5,8-9,12-14,16,18H2,1-2H3,(H,32,37)(H,33,39)(H,34,40)(H,35,38)/t22-,24-,25-,27-/m0/s1. The van der Waals surface area contributed by atoms with Crippen LogP contribution in [0.4, 0.5) is 0 Å². The molecular formula is C31H42N4O6. The predicted molar refractivity (Wildman–Crippen MR) is 154 cm³/mol. The predicted octanol–water partition coefficient (Wildman–Crippen LogP) is 2.27. The van der Waals surface area contributed by atoms with Crippen molar-refractivity contribution in [3.8, 4) is 5.75 Å². The van der Waals surface area contributed by atoms with Crippen molar-refractivity contribution < 1.29 is 28.7 Å². The van der Waals surface area contributed by atoms with Crippen molar-refractivity contribution in [3.63, 3.8) is 0 Å². The van der Waals surface area contributed by atoms with Crippen molar-refractivity contribution in [3.05, 3.63) is 35.4 Å². The average Bonchev–Trinajstić information content (AvgIpc) is 3.38. The van der Waals surface area contributed by atoms with Crippen LogP contribution < -0.4 is 26.0 Å². The third-order valence-electron chi connectivity index (χ3n) is 8.28. The van der Waals surface area contributed by atoms with Gasteiger partial charge in [0.15, 0.2) is 0 Å². The molecule has 0 spiro atoms. The Morgan fingerprint density at radius 1 is 1.00 bits per heavy atom. The van der Waals surface area contributed by atoms with E-state index in [9.17, 15) is 24.0 Å². The average molecular weight is 567 g/mol. The van der Waals surface area contributed by atoms with E-state index in [1.807, 2.05) is 38.1 Å². The quantitative estimate of drug-likeness (QED) is 0.286. The lowest BCUT2D eigenvalue weighted by Gasteiger charge is -2.30. The Hall–Kier alpha value is -3.69. The van der Waals surface area contributed by atoms with E-state index in [0.717, 1.165) is 37.7 Å². The van der Waals surface area contributed by atoms with E-state index in [4.69, 9.17) is 4.74 Å². The monoisotopic (exact) mass is 566 g/mol. The fraction of sp³-hybridized carbons (Fsp3) is 0.581. The smallest absolute Gasteiger partial charge is 0.251 e. The number of carbonyl (C=O) groups excluding carboxylic acids is 5. The number of benzene rings is 1. The first kappa shape index (κ1) is 30.3. The van der Waals surface area contributed by atoms with Crippen molar-refractivity contribution >= 4 is 36.0 Å². The van der Waals surface area contributed by atoms with Crippen LogP contribution in [0.5, 0.6) is 5.75 Å². The summed E-state index contributed by atoms with van der Waals surface area (Å²) in [6.07, 6.45) is 8.93. The summed E-state index contributed by atoms with van der Waals surface area (Å²) in [7, 11) is 0. The molecule has 0 bridgehead atoms. The van der Waals surface area contributed by atoms with Crippen LogP contribution in [0, 0.1) is 17.8 Å². The van der Waals surface area contributed by atoms with Gasteiger partial charge in [-0.15, -0.1) is 0 Å². The van der Waals surface area contributed by atoms with Gasteiger partial charge >= 0.3 is 0 Å². The summed E-state index contributed by atoms with van der Waals surface area (Å²) in [5, 5.41) is 11.2. The van der Waals surface area contributed by atoms with E-state index in [-0.39, 0.29) is 36.7 Å². The molecule has 1 aromatic carbocycles. The zero-order valence-corrected chi connectivity index (χ0v) is 23.9. The van der Waals surface area contributed by atoms with Crippen LogP contribution in [-0.2, 0) is 24.0 Å². The van der Waals surface area contributed by atoms with Crippen LogP contribution >= 0.6 is 0 Å². The molecule has 2 heterocycles. The van der Waals surface area contributed by atoms with E-state index in [0.29, 0.717) is 37.0 Å². The molecule has 4 amide bonds. The van der Waals surface area contributed by atoms with Gasteiger partial charge in [-0.2, -0.15) is 0 Å². The van der Waals surface area contributed by atoms with Gasteiger partial charge < -0.3 is 30.8 Å². The van der Waals surface area contributed by atoms with Crippen molar-refractivity contribution in [2.75, 3.05) is 13.2 Å². The number of ether oxygens (including phenoxy) is 1. The third-order valence-corrected chi connectivity index (χ3v) is 8.28. The number of hydrogen-bond acceptors (Lipinski definition) is 6. The van der Waals surface area contributed by atoms with Crippen LogP contribution in [-0.4, -0.2) is 61.2 Å². The van der Waals surface area contributed by atoms with Crippen LogP contribution in [0.25, 0.3) is 6.08 Å². The molecule has 3 aliphatic rings. The molecule has 4 N–H and O–H groups in total. The molecule has 222 valence electrons. The van der Waals surface area contributed by atoms with Gasteiger partial charge in [0, 0.05) is 18.0 Å². The van der Waals surface area contributed by atoms with Crippen LogP contribution in [0.3, 0.4) is 0 Å². The molecule has 2 aliphatic heterocycles. The summed E-state index contributed by atoms with van der Waals surface area (Å²) < 4.78 is 5.71. The molecule has 1 saturated heterocycles. The molecule has 0 unspecified atom stereocenters. The molecule has 10 nitrogen and oxygen atoms in total. The minimum absolute atomic E-state index is 0.0914. The number of aldehydes is 1. The molecule has 41 heavy (non-hydrogen) atoms. The van der Waals surface area contributed by atoms with E-state index >= 15 is 0 Å². The second kappa shape index (κ2) is 14.3. The molecule has 1 aliphatic carbocycles. The Kier molecular flexibility index (Phi) is 10.5. The maximum absolute atomic E-state index is 13.6. The lowest BCUT2D eigenvalue weighted by Crippen LogP contribution is -2.57. The second-order valence-electron chi connectivity index (χ2n) is 11.8. The molecule has 4 atom stereocenters. The Labute approximate surface area is 241 Å². The van der Waals surface area contributed by atoms with Crippen molar-refractivity contribution in [1.82, 2.24) is 21.3 Å². The van der Waals surface area contributed by atoms with E-state index in [1.165, 1.54) is 0 Å². The Morgan fingerprint density at radius 3 is 2.44 bits per heavy atom. The summed E-state index contributed by atoms with van der Waals surface area (Å²) >= 11 is 0. The number of hydrogen-bond donors (Lipinski definition) is 4. The van der Waals surface area contributed by atoms with Crippen molar-refractivity contribution in [2.24, 2.45) is 17.8 Å². The summed E-state index contributed by atoms with van der Waals surface area (Å²) in [5.74, 6) is -1.05. The fourth-order valence-corrected chi connectivity index (χ4v) is 5.87. The number of nitrogens with one attached hydrogen (secondary N) is 4. The number of fused-ring (bicyclic) bond motifs is 1. The Balaban J connectivity index is 1.44. The van der Waals surface area contributed by atoms with E-state index < -0.39 is 35.8 Å². The fourth-order valence-electron chi connectivity index (χ4n) is 5.87. The minimum Gasteiger partial charge on any atom is -0.488 e.